The van der Waals surface area contributed by atoms with E-state index in [1.54, 1.807) is 17.1 Å². The standard InChI is InChI=1S/C17H22N8O/c1-11-7-12(13-8-19-23(4)16(13)20-11)17(26)24-9-14(22(2)3)15(10-24)25-6-5-18-21-25/h5-8,14-15H,9-10H2,1-4H3/t14-,15+/m1/s1. The number of likely N-dealkylation sites (N-methyl/N-ethyl adjacent to an activating group) is 1. The maximum Gasteiger partial charge on any atom is 0.254 e. The van der Waals surface area contributed by atoms with E-state index in [4.69, 9.17) is 0 Å². The van der Waals surface area contributed by atoms with Gasteiger partial charge in [-0.15, -0.1) is 5.10 Å². The van der Waals surface area contributed by atoms with Crippen molar-refractivity contribution in [3.63, 3.8) is 0 Å². The summed E-state index contributed by atoms with van der Waals surface area (Å²) in [6.45, 7) is 3.13. The minimum absolute atomic E-state index is 0.00275. The van der Waals surface area contributed by atoms with E-state index >= 15 is 0 Å². The zero-order chi connectivity index (χ0) is 18.4. The van der Waals surface area contributed by atoms with E-state index in [1.807, 2.05) is 49.9 Å². The van der Waals surface area contributed by atoms with Crippen LogP contribution in [0.3, 0.4) is 0 Å². The molecule has 3 aromatic heterocycles. The van der Waals surface area contributed by atoms with Crippen molar-refractivity contribution in [2.75, 3.05) is 27.2 Å². The van der Waals surface area contributed by atoms with Crippen molar-refractivity contribution in [3.8, 4) is 0 Å². The molecule has 26 heavy (non-hydrogen) atoms. The molecule has 4 rings (SSSR count). The van der Waals surface area contributed by atoms with Crippen LogP contribution in [-0.4, -0.2) is 78.7 Å². The molecule has 0 bridgehead atoms. The molecule has 1 saturated heterocycles. The Balaban J connectivity index is 1.69. The predicted molar refractivity (Wildman–Crippen MR) is 95.7 cm³/mol. The molecule has 1 fully saturated rings. The molecule has 0 aromatic carbocycles. The van der Waals surface area contributed by atoms with Crippen LogP contribution in [0.4, 0.5) is 0 Å². The molecule has 1 amide bonds. The lowest BCUT2D eigenvalue weighted by Gasteiger charge is -2.24. The number of fused-ring (bicyclic) bond motifs is 1. The van der Waals surface area contributed by atoms with Gasteiger partial charge in [0.1, 0.15) is 0 Å². The number of carbonyl (C=O) groups excluding carboxylic acids is 1. The van der Waals surface area contributed by atoms with Crippen LogP contribution in [0.2, 0.25) is 0 Å². The molecule has 0 aliphatic carbocycles. The third-order valence-corrected chi connectivity index (χ3v) is 5.05. The first-order chi connectivity index (χ1) is 12.5. The highest BCUT2D eigenvalue weighted by Gasteiger charge is 2.39. The monoisotopic (exact) mass is 354 g/mol. The van der Waals surface area contributed by atoms with Gasteiger partial charge in [0.05, 0.1) is 35.4 Å². The van der Waals surface area contributed by atoms with E-state index in [0.717, 1.165) is 16.7 Å². The number of amides is 1. The fourth-order valence-electron chi connectivity index (χ4n) is 3.68. The Labute approximate surface area is 151 Å². The van der Waals surface area contributed by atoms with E-state index in [9.17, 15) is 4.79 Å². The first kappa shape index (κ1) is 16.6. The van der Waals surface area contributed by atoms with Crippen LogP contribution in [0.25, 0.3) is 11.0 Å². The highest BCUT2D eigenvalue weighted by Crippen LogP contribution is 2.27. The minimum Gasteiger partial charge on any atom is -0.335 e. The van der Waals surface area contributed by atoms with Gasteiger partial charge in [-0.1, -0.05) is 5.21 Å². The molecule has 3 aromatic rings. The quantitative estimate of drug-likeness (QED) is 0.681. The van der Waals surface area contributed by atoms with Gasteiger partial charge in [-0.2, -0.15) is 5.10 Å². The molecule has 136 valence electrons. The fourth-order valence-corrected chi connectivity index (χ4v) is 3.68. The Hall–Kier alpha value is -2.81. The summed E-state index contributed by atoms with van der Waals surface area (Å²) in [4.78, 5) is 21.8. The number of hydrogen-bond acceptors (Lipinski definition) is 6. The van der Waals surface area contributed by atoms with Gasteiger partial charge in [0.25, 0.3) is 5.91 Å². The molecule has 2 atom stereocenters. The van der Waals surface area contributed by atoms with Gasteiger partial charge in [-0.25, -0.2) is 9.67 Å². The normalized spacial score (nSPS) is 20.4. The average Bonchev–Trinajstić information content (AvgIpc) is 3.33. The lowest BCUT2D eigenvalue weighted by molar-refractivity contribution is 0.0782. The van der Waals surface area contributed by atoms with Crippen LogP contribution in [0.15, 0.2) is 24.7 Å². The summed E-state index contributed by atoms with van der Waals surface area (Å²) in [6.07, 6.45) is 5.23. The predicted octanol–water partition coefficient (Wildman–Crippen LogP) is 0.496. The van der Waals surface area contributed by atoms with Crippen LogP contribution < -0.4 is 0 Å². The van der Waals surface area contributed by atoms with Crippen molar-refractivity contribution < 1.29 is 4.79 Å². The molecule has 1 aliphatic rings. The van der Waals surface area contributed by atoms with Crippen molar-refractivity contribution in [2.24, 2.45) is 7.05 Å². The largest absolute Gasteiger partial charge is 0.335 e. The van der Waals surface area contributed by atoms with Crippen LogP contribution in [-0.2, 0) is 7.05 Å². The second-order valence-electron chi connectivity index (χ2n) is 7.01. The molecule has 0 spiro atoms. The maximum atomic E-state index is 13.3. The van der Waals surface area contributed by atoms with Gasteiger partial charge in [-0.05, 0) is 27.1 Å². The molecule has 0 radical (unpaired) electrons. The van der Waals surface area contributed by atoms with Gasteiger partial charge < -0.3 is 9.80 Å². The van der Waals surface area contributed by atoms with Gasteiger partial charge in [0.2, 0.25) is 0 Å². The average molecular weight is 354 g/mol. The Morgan fingerprint density at radius 2 is 2.12 bits per heavy atom. The molecule has 0 saturated carbocycles. The molecule has 4 heterocycles. The third kappa shape index (κ3) is 2.64. The highest BCUT2D eigenvalue weighted by atomic mass is 16.2. The Kier molecular flexibility index (Phi) is 3.95. The number of pyridine rings is 1. The summed E-state index contributed by atoms with van der Waals surface area (Å²) >= 11 is 0. The topological polar surface area (TPSA) is 85.0 Å². The van der Waals surface area contributed by atoms with Crippen molar-refractivity contribution in [3.05, 3.63) is 35.9 Å². The molecular formula is C17H22N8O. The zero-order valence-electron chi connectivity index (χ0n) is 15.4. The summed E-state index contributed by atoms with van der Waals surface area (Å²) in [5, 5.41) is 13.1. The van der Waals surface area contributed by atoms with E-state index in [0.29, 0.717) is 18.7 Å². The van der Waals surface area contributed by atoms with Gasteiger partial charge >= 0.3 is 0 Å². The van der Waals surface area contributed by atoms with Gasteiger partial charge in [0, 0.05) is 32.0 Å². The number of hydrogen-bond donors (Lipinski definition) is 0. The third-order valence-electron chi connectivity index (χ3n) is 5.05. The number of aromatic nitrogens is 6. The summed E-state index contributed by atoms with van der Waals surface area (Å²) < 4.78 is 3.54. The first-order valence-electron chi connectivity index (χ1n) is 8.56. The van der Waals surface area contributed by atoms with E-state index in [-0.39, 0.29) is 18.0 Å². The van der Waals surface area contributed by atoms with Gasteiger partial charge in [-0.3, -0.25) is 9.48 Å². The number of carbonyl (C=O) groups is 1. The number of nitrogens with zero attached hydrogens (tertiary/aromatic N) is 8. The highest BCUT2D eigenvalue weighted by molar-refractivity contribution is 6.05. The first-order valence-corrected chi connectivity index (χ1v) is 8.56. The second-order valence-corrected chi connectivity index (χ2v) is 7.01. The Bertz CT molecular complexity index is 945. The smallest absolute Gasteiger partial charge is 0.254 e. The minimum atomic E-state index is 0.00275. The zero-order valence-corrected chi connectivity index (χ0v) is 15.4. The molecule has 9 heteroatoms. The van der Waals surface area contributed by atoms with Crippen molar-refractivity contribution in [1.29, 1.82) is 0 Å². The second kappa shape index (κ2) is 6.17. The number of aryl methyl sites for hydroxylation is 2. The Morgan fingerprint density at radius 1 is 1.31 bits per heavy atom. The lowest BCUT2D eigenvalue weighted by Crippen LogP contribution is -2.37. The van der Waals surface area contributed by atoms with Crippen LogP contribution in [0.5, 0.6) is 0 Å². The lowest BCUT2D eigenvalue weighted by atomic mass is 10.1. The Morgan fingerprint density at radius 3 is 2.81 bits per heavy atom. The van der Waals surface area contributed by atoms with Crippen molar-refractivity contribution in [1.82, 2.24) is 39.6 Å². The van der Waals surface area contributed by atoms with Crippen LogP contribution in [0.1, 0.15) is 22.1 Å². The van der Waals surface area contributed by atoms with E-state index < -0.39 is 0 Å². The number of likely N-dealkylation sites (tertiary alicyclic amines) is 1. The summed E-state index contributed by atoms with van der Waals surface area (Å²) in [6, 6.07) is 2.09. The molecule has 9 nitrogen and oxygen atoms in total. The summed E-state index contributed by atoms with van der Waals surface area (Å²) in [5.74, 6) is 0.00275. The van der Waals surface area contributed by atoms with Crippen molar-refractivity contribution >= 4 is 16.9 Å². The van der Waals surface area contributed by atoms with Crippen molar-refractivity contribution in [2.45, 2.75) is 19.0 Å². The number of rotatable bonds is 3. The maximum absolute atomic E-state index is 13.3. The van der Waals surface area contributed by atoms with Gasteiger partial charge in [0.15, 0.2) is 5.65 Å². The fraction of sp³-hybridized carbons (Fsp3) is 0.471. The summed E-state index contributed by atoms with van der Waals surface area (Å²) in [5.41, 5.74) is 2.18. The van der Waals surface area contributed by atoms with Crippen LogP contribution >= 0.6 is 0 Å². The van der Waals surface area contributed by atoms with E-state index in [2.05, 4.69) is 25.3 Å². The van der Waals surface area contributed by atoms with Crippen LogP contribution in [0, 0.1) is 6.92 Å². The summed E-state index contributed by atoms with van der Waals surface area (Å²) in [7, 11) is 5.89. The molecule has 0 unspecified atom stereocenters. The molecule has 1 aliphatic heterocycles. The SMILES string of the molecule is Cc1cc(C(=O)N2C[C@@H](N(C)C)[C@@H](n3ccnn3)C2)c2cnn(C)c2n1. The van der Waals surface area contributed by atoms with E-state index in [1.165, 1.54) is 0 Å². The molecule has 0 N–H and O–H groups in total. The molecular weight excluding hydrogens is 332 g/mol.